The summed E-state index contributed by atoms with van der Waals surface area (Å²) in [5.41, 5.74) is 0.210. The summed E-state index contributed by atoms with van der Waals surface area (Å²) in [5.74, 6) is -0.716. The number of likely N-dealkylation sites (tertiary alicyclic amines) is 1. The second kappa shape index (κ2) is 5.38. The van der Waals surface area contributed by atoms with Crippen molar-refractivity contribution < 1.29 is 14.7 Å². The largest absolute Gasteiger partial charge is 0.480 e. The monoisotopic (exact) mass is 266 g/mol. The molecule has 1 aliphatic heterocycles. The van der Waals surface area contributed by atoms with E-state index in [2.05, 4.69) is 17.2 Å². The molecular formula is C12H18N4O3. The zero-order valence-corrected chi connectivity index (χ0v) is 11.1. The fourth-order valence-electron chi connectivity index (χ4n) is 2.38. The highest BCUT2D eigenvalue weighted by Crippen LogP contribution is 2.23. The van der Waals surface area contributed by atoms with Gasteiger partial charge in [0.05, 0.1) is 6.20 Å². The summed E-state index contributed by atoms with van der Waals surface area (Å²) >= 11 is 0. The molecule has 1 fully saturated rings. The van der Waals surface area contributed by atoms with Crippen molar-refractivity contribution in [3.8, 4) is 0 Å². The molecule has 0 bridgehead atoms. The molecule has 0 spiro atoms. The first kappa shape index (κ1) is 13.5. The standard InChI is InChI=1S/C12H18N4O3/c1-8-4-3-5-16(9(8)2)12(19)10-6-15(14-13-10)7-11(17)18/h6,8-9H,3-5,7H2,1-2H3,(H,17,18). The highest BCUT2D eigenvalue weighted by molar-refractivity contribution is 5.92. The second-order valence-electron chi connectivity index (χ2n) is 5.05. The van der Waals surface area contributed by atoms with Crippen molar-refractivity contribution in [2.24, 2.45) is 5.92 Å². The summed E-state index contributed by atoms with van der Waals surface area (Å²) in [6.07, 6.45) is 3.50. The average molecular weight is 266 g/mol. The number of hydrogen-bond acceptors (Lipinski definition) is 4. The molecular weight excluding hydrogens is 248 g/mol. The summed E-state index contributed by atoms with van der Waals surface area (Å²) < 4.78 is 1.16. The molecule has 2 atom stereocenters. The summed E-state index contributed by atoms with van der Waals surface area (Å²) in [4.78, 5) is 24.7. The first-order valence-electron chi connectivity index (χ1n) is 6.42. The third-order valence-electron chi connectivity index (χ3n) is 3.69. The van der Waals surface area contributed by atoms with Gasteiger partial charge in [-0.3, -0.25) is 9.59 Å². The molecule has 104 valence electrons. The second-order valence-corrected chi connectivity index (χ2v) is 5.05. The molecule has 2 unspecified atom stereocenters. The maximum atomic E-state index is 12.3. The minimum Gasteiger partial charge on any atom is -0.480 e. The number of piperidine rings is 1. The van der Waals surface area contributed by atoms with Crippen LogP contribution in [-0.4, -0.2) is 49.5 Å². The quantitative estimate of drug-likeness (QED) is 0.866. The molecule has 7 nitrogen and oxygen atoms in total. The van der Waals surface area contributed by atoms with Gasteiger partial charge in [0.25, 0.3) is 5.91 Å². The van der Waals surface area contributed by atoms with Crippen LogP contribution in [0, 0.1) is 5.92 Å². The van der Waals surface area contributed by atoms with Crippen molar-refractivity contribution in [1.29, 1.82) is 0 Å². The number of carbonyl (C=O) groups excluding carboxylic acids is 1. The molecule has 0 saturated carbocycles. The van der Waals surface area contributed by atoms with Crippen LogP contribution in [0.5, 0.6) is 0 Å². The van der Waals surface area contributed by atoms with Gasteiger partial charge >= 0.3 is 5.97 Å². The van der Waals surface area contributed by atoms with E-state index in [1.165, 1.54) is 6.20 Å². The van der Waals surface area contributed by atoms with Gasteiger partial charge in [-0.15, -0.1) is 5.10 Å². The van der Waals surface area contributed by atoms with E-state index in [4.69, 9.17) is 5.11 Å². The van der Waals surface area contributed by atoms with Crippen molar-refractivity contribution >= 4 is 11.9 Å². The Labute approximate surface area is 111 Å². The smallest absolute Gasteiger partial charge is 0.325 e. The molecule has 2 rings (SSSR count). The molecule has 19 heavy (non-hydrogen) atoms. The van der Waals surface area contributed by atoms with Gasteiger partial charge in [0, 0.05) is 12.6 Å². The van der Waals surface area contributed by atoms with E-state index >= 15 is 0 Å². The molecule has 0 radical (unpaired) electrons. The molecule has 1 saturated heterocycles. The Hall–Kier alpha value is -1.92. The number of aliphatic carboxylic acids is 1. The van der Waals surface area contributed by atoms with Crippen LogP contribution in [0.3, 0.4) is 0 Å². The maximum Gasteiger partial charge on any atom is 0.325 e. The number of nitrogens with zero attached hydrogens (tertiary/aromatic N) is 4. The van der Waals surface area contributed by atoms with Gasteiger partial charge < -0.3 is 10.0 Å². The molecule has 1 N–H and O–H groups in total. The molecule has 1 amide bonds. The summed E-state index contributed by atoms with van der Waals surface area (Å²) in [7, 11) is 0. The lowest BCUT2D eigenvalue weighted by molar-refractivity contribution is -0.137. The van der Waals surface area contributed by atoms with Crippen LogP contribution in [0.15, 0.2) is 6.20 Å². The van der Waals surface area contributed by atoms with Crippen LogP contribution in [0.25, 0.3) is 0 Å². The number of carbonyl (C=O) groups is 2. The van der Waals surface area contributed by atoms with Gasteiger partial charge in [0.2, 0.25) is 0 Å². The van der Waals surface area contributed by atoms with E-state index in [0.29, 0.717) is 5.92 Å². The van der Waals surface area contributed by atoms with Gasteiger partial charge in [0.15, 0.2) is 5.69 Å². The van der Waals surface area contributed by atoms with Crippen LogP contribution in [0.4, 0.5) is 0 Å². The molecule has 1 aromatic heterocycles. The van der Waals surface area contributed by atoms with Crippen LogP contribution in [0.2, 0.25) is 0 Å². The predicted octanol–water partition coefficient (Wildman–Crippen LogP) is 0.623. The molecule has 0 aliphatic carbocycles. The van der Waals surface area contributed by atoms with E-state index < -0.39 is 5.97 Å². The Morgan fingerprint density at radius 1 is 1.47 bits per heavy atom. The SMILES string of the molecule is CC1CCCN(C(=O)c2cn(CC(=O)O)nn2)C1C. The first-order valence-corrected chi connectivity index (χ1v) is 6.42. The Kier molecular flexibility index (Phi) is 3.82. The molecule has 1 aliphatic rings. The number of rotatable bonds is 3. The number of carboxylic acids is 1. The zero-order valence-electron chi connectivity index (χ0n) is 11.1. The van der Waals surface area contributed by atoms with E-state index in [0.717, 1.165) is 24.1 Å². The number of hydrogen-bond donors (Lipinski definition) is 1. The summed E-state index contributed by atoms with van der Waals surface area (Å²) in [5, 5.41) is 16.1. The average Bonchev–Trinajstić information content (AvgIpc) is 2.79. The van der Waals surface area contributed by atoms with Crippen molar-refractivity contribution in [3.05, 3.63) is 11.9 Å². The fourth-order valence-corrected chi connectivity index (χ4v) is 2.38. The highest BCUT2D eigenvalue weighted by Gasteiger charge is 2.30. The van der Waals surface area contributed by atoms with E-state index in [9.17, 15) is 9.59 Å². The van der Waals surface area contributed by atoms with Crippen LogP contribution in [-0.2, 0) is 11.3 Å². The Morgan fingerprint density at radius 3 is 2.89 bits per heavy atom. The van der Waals surface area contributed by atoms with Crippen LogP contribution >= 0.6 is 0 Å². The van der Waals surface area contributed by atoms with Crippen LogP contribution < -0.4 is 0 Å². The summed E-state index contributed by atoms with van der Waals surface area (Å²) in [6.45, 7) is 4.59. The fraction of sp³-hybridized carbons (Fsp3) is 0.667. The van der Waals surface area contributed by atoms with Gasteiger partial charge in [-0.2, -0.15) is 0 Å². The number of aromatic nitrogens is 3. The van der Waals surface area contributed by atoms with Gasteiger partial charge in [-0.25, -0.2) is 4.68 Å². The maximum absolute atomic E-state index is 12.3. The molecule has 1 aromatic rings. The number of carboxylic acid groups (broad SMARTS) is 1. The van der Waals surface area contributed by atoms with Gasteiger partial charge in [-0.05, 0) is 25.7 Å². The third kappa shape index (κ3) is 2.91. The lowest BCUT2D eigenvalue weighted by Gasteiger charge is -2.37. The lowest BCUT2D eigenvalue weighted by atomic mass is 9.92. The van der Waals surface area contributed by atoms with Crippen molar-refractivity contribution in [1.82, 2.24) is 19.9 Å². The topological polar surface area (TPSA) is 88.3 Å². The Morgan fingerprint density at radius 2 is 2.21 bits per heavy atom. The molecule has 0 aromatic carbocycles. The van der Waals surface area contributed by atoms with Crippen molar-refractivity contribution in [2.75, 3.05) is 6.54 Å². The van der Waals surface area contributed by atoms with E-state index in [-0.39, 0.29) is 24.2 Å². The van der Waals surface area contributed by atoms with Gasteiger partial charge in [0.1, 0.15) is 6.54 Å². The van der Waals surface area contributed by atoms with Crippen LogP contribution in [0.1, 0.15) is 37.2 Å². The van der Waals surface area contributed by atoms with Gasteiger partial charge in [-0.1, -0.05) is 12.1 Å². The lowest BCUT2D eigenvalue weighted by Crippen LogP contribution is -2.46. The number of amides is 1. The molecule has 2 heterocycles. The van der Waals surface area contributed by atoms with E-state index in [1.54, 1.807) is 4.90 Å². The van der Waals surface area contributed by atoms with E-state index in [1.807, 2.05) is 6.92 Å². The third-order valence-corrected chi connectivity index (χ3v) is 3.69. The Bertz CT molecular complexity index is 485. The Balaban J connectivity index is 2.10. The van der Waals surface area contributed by atoms with Crippen molar-refractivity contribution in [2.45, 2.75) is 39.3 Å². The minimum atomic E-state index is -1.01. The van der Waals surface area contributed by atoms with Crippen molar-refractivity contribution in [3.63, 3.8) is 0 Å². The molecule has 7 heteroatoms. The highest BCUT2D eigenvalue weighted by atomic mass is 16.4. The minimum absolute atomic E-state index is 0.171. The zero-order chi connectivity index (χ0) is 14.0. The first-order chi connectivity index (χ1) is 8.99. The predicted molar refractivity (Wildman–Crippen MR) is 66.6 cm³/mol. The summed E-state index contributed by atoms with van der Waals surface area (Å²) in [6, 6.07) is 0.172. The normalized spacial score (nSPS) is 23.4.